The van der Waals surface area contributed by atoms with E-state index in [9.17, 15) is 14.4 Å². The van der Waals surface area contributed by atoms with Crippen LogP contribution in [0.25, 0.3) is 10.6 Å². The molecule has 2 amide bonds. The van der Waals surface area contributed by atoms with Gasteiger partial charge in [0.25, 0.3) is 0 Å². The molecule has 142 valence electrons. The van der Waals surface area contributed by atoms with Crippen LogP contribution in [-0.2, 0) is 16.1 Å². The van der Waals surface area contributed by atoms with Crippen LogP contribution in [0.15, 0.2) is 29.6 Å². The van der Waals surface area contributed by atoms with Crippen LogP contribution in [0.4, 0.5) is 0 Å². The lowest BCUT2D eigenvalue weighted by Crippen LogP contribution is -2.28. The molecule has 0 atom stereocenters. The molecule has 1 fully saturated rings. The van der Waals surface area contributed by atoms with Gasteiger partial charge in [-0.3, -0.25) is 9.59 Å². The summed E-state index contributed by atoms with van der Waals surface area (Å²) in [6.07, 6.45) is 2.93. The molecule has 1 aliphatic carbocycles. The van der Waals surface area contributed by atoms with E-state index in [-0.39, 0.29) is 23.4 Å². The molecule has 0 aliphatic heterocycles. The normalized spacial score (nSPS) is 13.2. The van der Waals surface area contributed by atoms with Gasteiger partial charge >= 0.3 is 5.97 Å². The van der Waals surface area contributed by atoms with Crippen LogP contribution in [0.1, 0.15) is 41.7 Å². The second kappa shape index (κ2) is 8.77. The number of carboxylic acid groups (broad SMARTS) is 1. The molecule has 0 saturated heterocycles. The van der Waals surface area contributed by atoms with Gasteiger partial charge in [0.05, 0.1) is 0 Å². The largest absolute Gasteiger partial charge is 0.476 e. The highest BCUT2D eigenvalue weighted by molar-refractivity contribution is 7.13. The maximum atomic E-state index is 11.9. The molecule has 1 aromatic carbocycles. The zero-order valence-electron chi connectivity index (χ0n) is 14.7. The Hall–Kier alpha value is -2.74. The number of rotatable bonds is 9. The topological polar surface area (TPSA) is 108 Å². The number of benzene rings is 1. The van der Waals surface area contributed by atoms with Crippen molar-refractivity contribution in [2.24, 2.45) is 5.92 Å². The molecule has 8 heteroatoms. The Morgan fingerprint density at radius 3 is 2.74 bits per heavy atom. The first-order valence-corrected chi connectivity index (χ1v) is 9.73. The van der Waals surface area contributed by atoms with Gasteiger partial charge < -0.3 is 15.7 Å². The molecule has 3 rings (SSSR count). The average Bonchev–Trinajstić information content (AvgIpc) is 3.39. The van der Waals surface area contributed by atoms with E-state index in [1.54, 1.807) is 0 Å². The summed E-state index contributed by atoms with van der Waals surface area (Å²) < 4.78 is 0. The smallest absolute Gasteiger partial charge is 0.355 e. The molecule has 2 aromatic rings. The summed E-state index contributed by atoms with van der Waals surface area (Å²) >= 11 is 1.27. The van der Waals surface area contributed by atoms with Crippen molar-refractivity contribution in [2.75, 3.05) is 6.54 Å². The molecule has 7 nitrogen and oxygen atoms in total. The van der Waals surface area contributed by atoms with E-state index in [1.807, 2.05) is 24.3 Å². The lowest BCUT2D eigenvalue weighted by Gasteiger charge is -2.07. The first-order valence-electron chi connectivity index (χ1n) is 8.85. The highest BCUT2D eigenvalue weighted by Gasteiger charge is 2.28. The van der Waals surface area contributed by atoms with Crippen molar-refractivity contribution in [2.45, 2.75) is 32.2 Å². The van der Waals surface area contributed by atoms with Crippen molar-refractivity contribution in [1.82, 2.24) is 15.6 Å². The molecule has 1 saturated carbocycles. The fourth-order valence-corrected chi connectivity index (χ4v) is 3.35. The minimum absolute atomic E-state index is 0.0301. The number of aromatic carboxylic acids is 1. The minimum atomic E-state index is -1.05. The first kappa shape index (κ1) is 19.0. The standard InChI is InChI=1S/C19H21N3O4S/c23-16(5-2-8-20-17(24)13-6-7-13)21-10-12-3-1-4-14(9-12)18-22-15(11-27-18)19(25)26/h1,3-4,9,11,13H,2,5-8,10H2,(H,20,24)(H,21,23)(H,25,26). The van der Waals surface area contributed by atoms with Gasteiger partial charge in [-0.1, -0.05) is 18.2 Å². The van der Waals surface area contributed by atoms with E-state index >= 15 is 0 Å². The Bertz CT molecular complexity index is 845. The summed E-state index contributed by atoms with van der Waals surface area (Å²) in [5.74, 6) is -0.825. The summed E-state index contributed by atoms with van der Waals surface area (Å²) in [5.41, 5.74) is 1.76. The summed E-state index contributed by atoms with van der Waals surface area (Å²) in [4.78, 5) is 38.5. The van der Waals surface area contributed by atoms with Crippen LogP contribution in [0, 0.1) is 5.92 Å². The maximum Gasteiger partial charge on any atom is 0.355 e. The second-order valence-corrected chi connectivity index (χ2v) is 7.35. The zero-order chi connectivity index (χ0) is 19.2. The van der Waals surface area contributed by atoms with Crippen molar-refractivity contribution < 1.29 is 19.5 Å². The van der Waals surface area contributed by atoms with Crippen LogP contribution in [0.2, 0.25) is 0 Å². The van der Waals surface area contributed by atoms with E-state index in [0.29, 0.717) is 30.9 Å². The second-order valence-electron chi connectivity index (χ2n) is 6.49. The number of nitrogens with zero attached hydrogens (tertiary/aromatic N) is 1. The predicted octanol–water partition coefficient (Wildman–Crippen LogP) is 2.43. The first-order chi connectivity index (χ1) is 13.0. The van der Waals surface area contributed by atoms with Crippen LogP contribution in [0.3, 0.4) is 0 Å². The Morgan fingerprint density at radius 2 is 2.04 bits per heavy atom. The molecular formula is C19H21N3O4S. The van der Waals surface area contributed by atoms with Crippen LogP contribution in [-0.4, -0.2) is 34.4 Å². The van der Waals surface area contributed by atoms with Crippen molar-refractivity contribution in [1.29, 1.82) is 0 Å². The van der Waals surface area contributed by atoms with Gasteiger partial charge in [0.15, 0.2) is 5.69 Å². The molecule has 1 heterocycles. The quantitative estimate of drug-likeness (QED) is 0.573. The third-order valence-electron chi connectivity index (χ3n) is 4.21. The van der Waals surface area contributed by atoms with E-state index in [0.717, 1.165) is 24.0 Å². The minimum Gasteiger partial charge on any atom is -0.476 e. The molecule has 3 N–H and O–H groups in total. The number of amides is 2. The summed E-state index contributed by atoms with van der Waals surface area (Å²) in [5, 5.41) is 16.8. The van der Waals surface area contributed by atoms with Gasteiger partial charge in [-0.25, -0.2) is 9.78 Å². The van der Waals surface area contributed by atoms with Crippen molar-refractivity contribution in [3.8, 4) is 10.6 Å². The van der Waals surface area contributed by atoms with Crippen molar-refractivity contribution in [3.05, 3.63) is 40.9 Å². The van der Waals surface area contributed by atoms with Crippen LogP contribution >= 0.6 is 11.3 Å². The Morgan fingerprint density at radius 1 is 1.22 bits per heavy atom. The molecule has 1 aliphatic rings. The number of aromatic nitrogens is 1. The number of carbonyl (C=O) groups is 3. The van der Waals surface area contributed by atoms with E-state index in [1.165, 1.54) is 16.7 Å². The highest BCUT2D eigenvalue weighted by Crippen LogP contribution is 2.28. The van der Waals surface area contributed by atoms with E-state index in [2.05, 4.69) is 15.6 Å². The summed E-state index contributed by atoms with van der Waals surface area (Å²) in [6, 6.07) is 7.50. The lowest BCUT2D eigenvalue weighted by molar-refractivity contribution is -0.123. The SMILES string of the molecule is O=C(CCCNC(=O)C1CC1)NCc1cccc(-c2nc(C(=O)O)cs2)c1. The van der Waals surface area contributed by atoms with Gasteiger partial charge in [0.2, 0.25) is 11.8 Å². The van der Waals surface area contributed by atoms with Gasteiger partial charge in [0, 0.05) is 36.4 Å². The molecule has 0 bridgehead atoms. The van der Waals surface area contributed by atoms with Crippen LogP contribution in [0.5, 0.6) is 0 Å². The van der Waals surface area contributed by atoms with Crippen molar-refractivity contribution in [3.63, 3.8) is 0 Å². The third-order valence-corrected chi connectivity index (χ3v) is 5.11. The van der Waals surface area contributed by atoms with Gasteiger partial charge in [-0.05, 0) is 30.9 Å². The number of hydrogen-bond donors (Lipinski definition) is 3. The summed E-state index contributed by atoms with van der Waals surface area (Å²) in [7, 11) is 0. The Labute approximate surface area is 160 Å². The average molecular weight is 387 g/mol. The fourth-order valence-electron chi connectivity index (χ4n) is 2.56. The Balaban J connectivity index is 1.44. The lowest BCUT2D eigenvalue weighted by atomic mass is 10.1. The van der Waals surface area contributed by atoms with E-state index in [4.69, 9.17) is 5.11 Å². The van der Waals surface area contributed by atoms with Crippen molar-refractivity contribution >= 4 is 29.1 Å². The number of carbonyl (C=O) groups excluding carboxylic acids is 2. The number of hydrogen-bond acceptors (Lipinski definition) is 5. The Kier molecular flexibility index (Phi) is 6.18. The number of carboxylic acids is 1. The van der Waals surface area contributed by atoms with E-state index < -0.39 is 5.97 Å². The zero-order valence-corrected chi connectivity index (χ0v) is 15.6. The van der Waals surface area contributed by atoms with Gasteiger partial charge in [-0.15, -0.1) is 11.3 Å². The highest BCUT2D eigenvalue weighted by atomic mass is 32.1. The molecule has 27 heavy (non-hydrogen) atoms. The molecule has 0 spiro atoms. The van der Waals surface area contributed by atoms with Gasteiger partial charge in [-0.2, -0.15) is 0 Å². The maximum absolute atomic E-state index is 11.9. The molecule has 0 unspecified atom stereocenters. The monoisotopic (exact) mass is 387 g/mol. The summed E-state index contributed by atoms with van der Waals surface area (Å²) in [6.45, 7) is 0.909. The fraction of sp³-hybridized carbons (Fsp3) is 0.368. The predicted molar refractivity (Wildman–Crippen MR) is 101 cm³/mol. The number of nitrogens with one attached hydrogen (secondary N) is 2. The van der Waals surface area contributed by atoms with Gasteiger partial charge in [0.1, 0.15) is 5.01 Å². The molecule has 1 aromatic heterocycles. The molecular weight excluding hydrogens is 366 g/mol. The van der Waals surface area contributed by atoms with Crippen LogP contribution < -0.4 is 10.6 Å². The third kappa shape index (κ3) is 5.62. The molecule has 0 radical (unpaired) electrons. The number of thiazole rings is 1.